The number of esters is 3. The van der Waals surface area contributed by atoms with Gasteiger partial charge < -0.3 is 18.9 Å². The average molecular weight is 435 g/mol. The zero-order valence-corrected chi connectivity index (χ0v) is 17.2. The van der Waals surface area contributed by atoms with E-state index in [0.29, 0.717) is 5.52 Å². The molecule has 0 spiro atoms. The third kappa shape index (κ3) is 5.12. The molecular formula is C18H21N5O8. The van der Waals surface area contributed by atoms with Crippen LogP contribution >= 0.6 is 0 Å². The molecule has 0 bridgehead atoms. The standard InChI is InChI=1S/C18H21N5O8/c1-8(24)21-18-19-5-12-16(22-18)23(7-20-12)17-15(30-11(4)27)14(29-10(3)26)13(31-17)6-28-9(2)25/h5,7,13-15,17H,6H2,1-4H3,(H,19,21,22,24)/t13-,14-,15-,17-/m1/s1. The maximum absolute atomic E-state index is 11.8. The second-order valence-electron chi connectivity index (χ2n) is 6.75. The van der Waals surface area contributed by atoms with Crippen molar-refractivity contribution in [2.75, 3.05) is 11.9 Å². The summed E-state index contributed by atoms with van der Waals surface area (Å²) in [7, 11) is 0. The highest BCUT2D eigenvalue weighted by Crippen LogP contribution is 2.35. The first-order chi connectivity index (χ1) is 14.7. The number of carbonyl (C=O) groups excluding carboxylic acids is 4. The number of rotatable bonds is 6. The molecule has 1 saturated heterocycles. The highest BCUT2D eigenvalue weighted by atomic mass is 16.7. The number of nitrogens with one attached hydrogen (secondary N) is 1. The summed E-state index contributed by atoms with van der Waals surface area (Å²) >= 11 is 0. The maximum Gasteiger partial charge on any atom is 0.303 e. The van der Waals surface area contributed by atoms with Gasteiger partial charge in [-0.05, 0) is 0 Å². The van der Waals surface area contributed by atoms with Crippen molar-refractivity contribution >= 4 is 40.9 Å². The topological polar surface area (TPSA) is 161 Å². The van der Waals surface area contributed by atoms with Gasteiger partial charge in [0.15, 0.2) is 24.1 Å². The van der Waals surface area contributed by atoms with Crippen LogP contribution in [0, 0.1) is 0 Å². The normalized spacial score (nSPS) is 22.7. The quantitative estimate of drug-likeness (QED) is 0.484. The van der Waals surface area contributed by atoms with Crippen LogP contribution in [0.15, 0.2) is 12.5 Å². The summed E-state index contributed by atoms with van der Waals surface area (Å²) in [6, 6.07) is 0. The molecule has 3 rings (SSSR count). The van der Waals surface area contributed by atoms with Gasteiger partial charge in [-0.2, -0.15) is 4.98 Å². The third-order valence-corrected chi connectivity index (χ3v) is 4.22. The van der Waals surface area contributed by atoms with Gasteiger partial charge in [-0.25, -0.2) is 9.97 Å². The number of hydrogen-bond acceptors (Lipinski definition) is 11. The molecule has 2 aromatic heterocycles. The predicted octanol–water partition coefficient (Wildman–Crippen LogP) is 0.109. The van der Waals surface area contributed by atoms with Gasteiger partial charge >= 0.3 is 17.9 Å². The molecular weight excluding hydrogens is 414 g/mol. The zero-order valence-electron chi connectivity index (χ0n) is 17.2. The van der Waals surface area contributed by atoms with E-state index >= 15 is 0 Å². The first-order valence-electron chi connectivity index (χ1n) is 9.26. The Bertz CT molecular complexity index is 1020. The smallest absolute Gasteiger partial charge is 0.303 e. The molecule has 1 aliphatic rings. The van der Waals surface area contributed by atoms with Crippen LogP contribution in [0.3, 0.4) is 0 Å². The average Bonchev–Trinajstić information content (AvgIpc) is 3.20. The van der Waals surface area contributed by atoms with Crippen LogP contribution in [0.2, 0.25) is 0 Å². The van der Waals surface area contributed by atoms with Crippen molar-refractivity contribution in [2.24, 2.45) is 0 Å². The maximum atomic E-state index is 11.8. The number of imidazole rings is 1. The molecule has 31 heavy (non-hydrogen) atoms. The molecule has 13 nitrogen and oxygen atoms in total. The molecule has 2 aromatic rings. The summed E-state index contributed by atoms with van der Waals surface area (Å²) in [5.41, 5.74) is 0.655. The second-order valence-corrected chi connectivity index (χ2v) is 6.75. The lowest BCUT2D eigenvalue weighted by molar-refractivity contribution is -0.166. The van der Waals surface area contributed by atoms with E-state index in [1.165, 1.54) is 44.8 Å². The lowest BCUT2D eigenvalue weighted by Gasteiger charge is -2.23. The van der Waals surface area contributed by atoms with Gasteiger partial charge in [0.1, 0.15) is 18.2 Å². The molecule has 1 fully saturated rings. The molecule has 0 unspecified atom stereocenters. The van der Waals surface area contributed by atoms with E-state index in [9.17, 15) is 19.2 Å². The summed E-state index contributed by atoms with van der Waals surface area (Å²) in [4.78, 5) is 58.5. The van der Waals surface area contributed by atoms with E-state index in [2.05, 4.69) is 20.3 Å². The molecule has 0 aliphatic carbocycles. The monoisotopic (exact) mass is 435 g/mol. The summed E-state index contributed by atoms with van der Waals surface area (Å²) in [5, 5.41) is 2.47. The fourth-order valence-electron chi connectivity index (χ4n) is 3.15. The van der Waals surface area contributed by atoms with Gasteiger partial charge in [0.2, 0.25) is 11.9 Å². The number of ether oxygens (including phenoxy) is 4. The largest absolute Gasteiger partial charge is 0.463 e. The predicted molar refractivity (Wildman–Crippen MR) is 101 cm³/mol. The Balaban J connectivity index is 2.01. The number of amides is 1. The van der Waals surface area contributed by atoms with Crippen LogP contribution in [0.4, 0.5) is 5.95 Å². The SMILES string of the molecule is CC(=O)Nc1ncc2ncn([C@@H]3O[C@H](COC(C)=O)[C@@H](OC(C)=O)[C@H]3OC(C)=O)c2n1. The highest BCUT2D eigenvalue weighted by Gasteiger charge is 2.51. The van der Waals surface area contributed by atoms with E-state index < -0.39 is 42.4 Å². The van der Waals surface area contributed by atoms with Crippen LogP contribution in [0.1, 0.15) is 33.9 Å². The molecule has 13 heteroatoms. The van der Waals surface area contributed by atoms with Crippen LogP contribution < -0.4 is 5.32 Å². The summed E-state index contributed by atoms with van der Waals surface area (Å²) < 4.78 is 23.2. The Labute approximate surface area is 176 Å². The van der Waals surface area contributed by atoms with Crippen molar-refractivity contribution in [3.63, 3.8) is 0 Å². The molecule has 0 saturated carbocycles. The first kappa shape index (κ1) is 22.1. The summed E-state index contributed by atoms with van der Waals surface area (Å²) in [5.74, 6) is -2.15. The Morgan fingerprint density at radius 1 is 1.03 bits per heavy atom. The van der Waals surface area contributed by atoms with E-state index in [0.717, 1.165) is 0 Å². The zero-order chi connectivity index (χ0) is 22.7. The molecule has 0 radical (unpaired) electrons. The number of carbonyl (C=O) groups is 4. The number of aromatic nitrogens is 4. The third-order valence-electron chi connectivity index (χ3n) is 4.22. The Hall–Kier alpha value is -3.61. The molecule has 0 aromatic carbocycles. The minimum Gasteiger partial charge on any atom is -0.463 e. The van der Waals surface area contributed by atoms with Gasteiger partial charge in [0, 0.05) is 27.7 Å². The van der Waals surface area contributed by atoms with Crippen LogP contribution in [-0.2, 0) is 38.1 Å². The van der Waals surface area contributed by atoms with E-state index in [4.69, 9.17) is 18.9 Å². The van der Waals surface area contributed by atoms with Gasteiger partial charge in [-0.3, -0.25) is 29.1 Å². The molecule has 1 aliphatic heterocycles. The molecule has 3 heterocycles. The summed E-state index contributed by atoms with van der Waals surface area (Å²) in [6.45, 7) is 4.69. The lowest BCUT2D eigenvalue weighted by atomic mass is 10.1. The number of hydrogen-bond donors (Lipinski definition) is 1. The number of anilines is 1. The van der Waals surface area contributed by atoms with Crippen LogP contribution in [-0.4, -0.2) is 68.3 Å². The van der Waals surface area contributed by atoms with Crippen molar-refractivity contribution in [3.05, 3.63) is 12.5 Å². The minimum atomic E-state index is -1.08. The Morgan fingerprint density at radius 2 is 1.71 bits per heavy atom. The van der Waals surface area contributed by atoms with E-state index in [-0.39, 0.29) is 24.1 Å². The first-order valence-corrected chi connectivity index (χ1v) is 9.26. The molecule has 1 N–H and O–H groups in total. The van der Waals surface area contributed by atoms with Gasteiger partial charge in [-0.1, -0.05) is 0 Å². The van der Waals surface area contributed by atoms with Crippen LogP contribution in [0.5, 0.6) is 0 Å². The molecule has 166 valence electrons. The van der Waals surface area contributed by atoms with Gasteiger partial charge in [0.25, 0.3) is 0 Å². The second kappa shape index (κ2) is 9.04. The van der Waals surface area contributed by atoms with Crippen LogP contribution in [0.25, 0.3) is 11.2 Å². The highest BCUT2D eigenvalue weighted by molar-refractivity contribution is 5.87. The van der Waals surface area contributed by atoms with Gasteiger partial charge in [0.05, 0.1) is 12.5 Å². The van der Waals surface area contributed by atoms with Crippen molar-refractivity contribution < 1.29 is 38.1 Å². The van der Waals surface area contributed by atoms with E-state index in [1.807, 2.05) is 0 Å². The lowest BCUT2D eigenvalue weighted by Crippen LogP contribution is -2.40. The van der Waals surface area contributed by atoms with Crippen molar-refractivity contribution in [2.45, 2.75) is 52.2 Å². The van der Waals surface area contributed by atoms with Gasteiger partial charge in [-0.15, -0.1) is 0 Å². The molecule has 1 amide bonds. The summed E-state index contributed by atoms with van der Waals surface area (Å²) in [6.07, 6.45) is -1.29. The minimum absolute atomic E-state index is 0.0387. The Kier molecular flexibility index (Phi) is 6.44. The van der Waals surface area contributed by atoms with Crippen molar-refractivity contribution in [1.82, 2.24) is 19.5 Å². The van der Waals surface area contributed by atoms with Crippen molar-refractivity contribution in [3.8, 4) is 0 Å². The fraction of sp³-hybridized carbons (Fsp3) is 0.500. The van der Waals surface area contributed by atoms with Crippen molar-refractivity contribution in [1.29, 1.82) is 0 Å². The van der Waals surface area contributed by atoms with E-state index in [1.54, 1.807) is 0 Å². The fourth-order valence-corrected chi connectivity index (χ4v) is 3.15. The number of fused-ring (bicyclic) bond motifs is 1. The Morgan fingerprint density at radius 3 is 2.32 bits per heavy atom. The number of nitrogens with zero attached hydrogens (tertiary/aromatic N) is 4. The molecule has 4 atom stereocenters.